The SMILES string of the molecule is Cc1ccccc1CCNC(=O)CNc1cccc(Cl)c1N1CCOCC1. The van der Waals surface area contributed by atoms with Crippen molar-refractivity contribution >= 4 is 28.9 Å². The summed E-state index contributed by atoms with van der Waals surface area (Å²) in [6, 6.07) is 14.0. The fourth-order valence-corrected chi connectivity index (χ4v) is 3.53. The number of aryl methyl sites for hydroxylation is 1. The molecule has 2 N–H and O–H groups in total. The highest BCUT2D eigenvalue weighted by Gasteiger charge is 2.18. The van der Waals surface area contributed by atoms with Crippen LogP contribution in [-0.2, 0) is 16.0 Å². The summed E-state index contributed by atoms with van der Waals surface area (Å²) >= 11 is 6.42. The molecule has 0 bridgehead atoms. The molecular formula is C21H26ClN3O2. The van der Waals surface area contributed by atoms with Gasteiger partial charge in [0.05, 0.1) is 36.2 Å². The topological polar surface area (TPSA) is 53.6 Å². The van der Waals surface area contributed by atoms with E-state index in [1.165, 1.54) is 11.1 Å². The minimum atomic E-state index is -0.0310. The van der Waals surface area contributed by atoms with E-state index in [4.69, 9.17) is 16.3 Å². The van der Waals surface area contributed by atoms with Crippen LogP contribution in [0.15, 0.2) is 42.5 Å². The van der Waals surface area contributed by atoms with Crippen molar-refractivity contribution in [3.05, 3.63) is 58.6 Å². The van der Waals surface area contributed by atoms with Gasteiger partial charge in [0, 0.05) is 19.6 Å². The van der Waals surface area contributed by atoms with Crippen LogP contribution in [0.1, 0.15) is 11.1 Å². The number of rotatable bonds is 7. The minimum Gasteiger partial charge on any atom is -0.378 e. The average molecular weight is 388 g/mol. The Bertz CT molecular complexity index is 776. The molecule has 0 saturated carbocycles. The standard InChI is InChI=1S/C21H26ClN3O2/c1-16-5-2-3-6-17(16)9-10-23-20(26)15-24-19-8-4-7-18(22)21(19)25-11-13-27-14-12-25/h2-8,24H,9-15H2,1H3,(H,23,26). The second-order valence-corrected chi connectivity index (χ2v) is 7.02. The summed E-state index contributed by atoms with van der Waals surface area (Å²) in [6.07, 6.45) is 0.828. The van der Waals surface area contributed by atoms with Gasteiger partial charge in [0.2, 0.25) is 5.91 Å². The van der Waals surface area contributed by atoms with Gasteiger partial charge < -0.3 is 20.3 Å². The lowest BCUT2D eigenvalue weighted by Gasteiger charge is -2.31. The van der Waals surface area contributed by atoms with Crippen molar-refractivity contribution in [2.24, 2.45) is 0 Å². The Balaban J connectivity index is 1.53. The van der Waals surface area contributed by atoms with Crippen LogP contribution < -0.4 is 15.5 Å². The Morgan fingerprint density at radius 2 is 1.93 bits per heavy atom. The number of nitrogens with zero attached hydrogens (tertiary/aromatic N) is 1. The molecule has 0 aliphatic carbocycles. The first-order valence-corrected chi connectivity index (χ1v) is 9.69. The van der Waals surface area contributed by atoms with Crippen LogP contribution in [0.4, 0.5) is 11.4 Å². The van der Waals surface area contributed by atoms with Crippen molar-refractivity contribution in [2.45, 2.75) is 13.3 Å². The summed E-state index contributed by atoms with van der Waals surface area (Å²) in [5, 5.41) is 6.89. The number of carbonyl (C=O) groups excluding carboxylic acids is 1. The third kappa shape index (κ3) is 5.37. The molecule has 6 heteroatoms. The Morgan fingerprint density at radius 3 is 2.70 bits per heavy atom. The van der Waals surface area contributed by atoms with Gasteiger partial charge in [-0.25, -0.2) is 0 Å². The molecule has 1 amide bonds. The number of para-hydroxylation sites is 1. The summed E-state index contributed by atoms with van der Waals surface area (Å²) < 4.78 is 5.42. The van der Waals surface area contributed by atoms with E-state index in [0.29, 0.717) is 24.8 Å². The molecule has 2 aromatic carbocycles. The molecule has 2 aromatic rings. The third-order valence-electron chi connectivity index (χ3n) is 4.73. The highest BCUT2D eigenvalue weighted by molar-refractivity contribution is 6.34. The molecule has 1 fully saturated rings. The highest BCUT2D eigenvalue weighted by atomic mass is 35.5. The predicted molar refractivity (Wildman–Crippen MR) is 111 cm³/mol. The van der Waals surface area contributed by atoms with E-state index < -0.39 is 0 Å². The molecule has 0 aromatic heterocycles. The number of benzene rings is 2. The van der Waals surface area contributed by atoms with Crippen LogP contribution in [0.5, 0.6) is 0 Å². The summed E-state index contributed by atoms with van der Waals surface area (Å²) in [5.41, 5.74) is 4.32. The normalized spacial score (nSPS) is 14.1. The fraction of sp³-hybridized carbons (Fsp3) is 0.381. The van der Waals surface area contributed by atoms with Crippen molar-refractivity contribution in [3.8, 4) is 0 Å². The van der Waals surface area contributed by atoms with Gasteiger partial charge in [-0.1, -0.05) is 41.9 Å². The van der Waals surface area contributed by atoms with Crippen LogP contribution in [0, 0.1) is 6.92 Å². The van der Waals surface area contributed by atoms with Crippen molar-refractivity contribution in [1.29, 1.82) is 0 Å². The van der Waals surface area contributed by atoms with E-state index in [-0.39, 0.29) is 12.5 Å². The summed E-state index contributed by atoms with van der Waals surface area (Å²) in [4.78, 5) is 14.4. The van der Waals surface area contributed by atoms with Crippen molar-refractivity contribution in [2.75, 3.05) is 49.6 Å². The van der Waals surface area contributed by atoms with Gasteiger partial charge in [0.1, 0.15) is 0 Å². The molecule has 27 heavy (non-hydrogen) atoms. The van der Waals surface area contributed by atoms with Gasteiger partial charge in [0.15, 0.2) is 0 Å². The van der Waals surface area contributed by atoms with Gasteiger partial charge in [0.25, 0.3) is 0 Å². The first-order valence-electron chi connectivity index (χ1n) is 9.31. The number of carbonyl (C=O) groups is 1. The first kappa shape index (κ1) is 19.5. The molecule has 1 aliphatic heterocycles. The quantitative estimate of drug-likeness (QED) is 0.765. The van der Waals surface area contributed by atoms with Crippen LogP contribution >= 0.6 is 11.6 Å². The maximum absolute atomic E-state index is 12.2. The number of amides is 1. The number of hydrogen-bond donors (Lipinski definition) is 2. The van der Waals surface area contributed by atoms with Gasteiger partial charge in [-0.3, -0.25) is 4.79 Å². The van der Waals surface area contributed by atoms with Gasteiger partial charge in [-0.15, -0.1) is 0 Å². The number of halogens is 1. The lowest BCUT2D eigenvalue weighted by Crippen LogP contribution is -2.37. The number of morpholine rings is 1. The van der Waals surface area contributed by atoms with E-state index in [0.717, 1.165) is 30.9 Å². The molecule has 0 radical (unpaired) electrons. The molecule has 0 atom stereocenters. The lowest BCUT2D eigenvalue weighted by atomic mass is 10.1. The summed E-state index contributed by atoms with van der Waals surface area (Å²) in [7, 11) is 0. The molecule has 0 spiro atoms. The Morgan fingerprint density at radius 1 is 1.15 bits per heavy atom. The monoisotopic (exact) mass is 387 g/mol. The fourth-order valence-electron chi connectivity index (χ4n) is 3.23. The van der Waals surface area contributed by atoms with Crippen molar-refractivity contribution < 1.29 is 9.53 Å². The van der Waals surface area contributed by atoms with E-state index in [1.54, 1.807) is 0 Å². The zero-order valence-corrected chi connectivity index (χ0v) is 16.4. The van der Waals surface area contributed by atoms with Crippen LogP contribution in [0.3, 0.4) is 0 Å². The van der Waals surface area contributed by atoms with Crippen molar-refractivity contribution in [1.82, 2.24) is 5.32 Å². The maximum atomic E-state index is 12.2. The molecule has 1 aliphatic rings. The maximum Gasteiger partial charge on any atom is 0.239 e. The number of anilines is 2. The largest absolute Gasteiger partial charge is 0.378 e. The molecule has 5 nitrogen and oxygen atoms in total. The van der Waals surface area contributed by atoms with Crippen LogP contribution in [-0.4, -0.2) is 45.3 Å². The zero-order chi connectivity index (χ0) is 19.1. The average Bonchev–Trinajstić information content (AvgIpc) is 2.68. The van der Waals surface area contributed by atoms with Gasteiger partial charge >= 0.3 is 0 Å². The molecule has 1 heterocycles. The Kier molecular flexibility index (Phi) is 6.96. The summed E-state index contributed by atoms with van der Waals surface area (Å²) in [6.45, 7) is 5.88. The molecular weight excluding hydrogens is 362 g/mol. The molecule has 144 valence electrons. The van der Waals surface area contributed by atoms with Crippen LogP contribution in [0.2, 0.25) is 5.02 Å². The predicted octanol–water partition coefficient (Wildman–Crippen LogP) is 3.26. The Labute approximate surface area is 165 Å². The van der Waals surface area contributed by atoms with Crippen molar-refractivity contribution in [3.63, 3.8) is 0 Å². The molecule has 1 saturated heterocycles. The van der Waals surface area contributed by atoms with Gasteiger partial charge in [-0.2, -0.15) is 0 Å². The number of nitrogens with one attached hydrogen (secondary N) is 2. The number of ether oxygens (including phenoxy) is 1. The van der Waals surface area contributed by atoms with E-state index >= 15 is 0 Å². The molecule has 0 unspecified atom stereocenters. The third-order valence-corrected chi connectivity index (χ3v) is 5.04. The zero-order valence-electron chi connectivity index (χ0n) is 15.6. The highest BCUT2D eigenvalue weighted by Crippen LogP contribution is 2.34. The van der Waals surface area contributed by atoms with E-state index in [9.17, 15) is 4.79 Å². The van der Waals surface area contributed by atoms with Gasteiger partial charge in [-0.05, 0) is 36.6 Å². The smallest absolute Gasteiger partial charge is 0.239 e. The summed E-state index contributed by atoms with van der Waals surface area (Å²) in [5.74, 6) is -0.0310. The van der Waals surface area contributed by atoms with Crippen LogP contribution in [0.25, 0.3) is 0 Å². The van der Waals surface area contributed by atoms with E-state index in [2.05, 4.69) is 34.6 Å². The number of hydrogen-bond acceptors (Lipinski definition) is 4. The van der Waals surface area contributed by atoms with E-state index in [1.807, 2.05) is 30.3 Å². The lowest BCUT2D eigenvalue weighted by molar-refractivity contribution is -0.119. The first-order chi connectivity index (χ1) is 13.1. The second-order valence-electron chi connectivity index (χ2n) is 6.62. The molecule has 3 rings (SSSR count). The second kappa shape index (κ2) is 9.62. The Hall–Kier alpha value is -2.24. The minimum absolute atomic E-state index is 0.0310.